The number of nitrogens with zero attached hydrogens (tertiary/aromatic N) is 2. The number of halogens is 6. The topological polar surface area (TPSA) is 34.4 Å². The van der Waals surface area contributed by atoms with Crippen molar-refractivity contribution in [2.24, 2.45) is 4.99 Å². The van der Waals surface area contributed by atoms with E-state index < -0.39 is 29.1 Å². The van der Waals surface area contributed by atoms with Crippen LogP contribution in [0.1, 0.15) is 10.4 Å². The Morgan fingerprint density at radius 3 is 2.61 bits per heavy atom. The third kappa shape index (κ3) is 3.97. The molecule has 2 rings (SSSR count). The third-order valence-corrected chi connectivity index (χ3v) is 3.78. The molecule has 0 aliphatic heterocycles. The van der Waals surface area contributed by atoms with E-state index in [1.807, 2.05) is 0 Å². The van der Waals surface area contributed by atoms with Crippen LogP contribution < -0.4 is 4.80 Å². The summed E-state index contributed by atoms with van der Waals surface area (Å²) >= 11 is 5.92. The van der Waals surface area contributed by atoms with Gasteiger partial charge in [-0.15, -0.1) is 11.3 Å². The molecule has 124 valence electrons. The molecule has 0 aliphatic carbocycles. The number of hydrogen-bond acceptors (Lipinski definition) is 2. The average Bonchev–Trinajstić information content (AvgIpc) is 2.78. The summed E-state index contributed by atoms with van der Waals surface area (Å²) in [5.41, 5.74) is -3.88. The summed E-state index contributed by atoms with van der Waals surface area (Å²) in [4.78, 5) is 15.2. The van der Waals surface area contributed by atoms with E-state index >= 15 is 0 Å². The minimum atomic E-state index is -4.88. The number of aromatic nitrogens is 1. The standard InChI is InChI=1S/C13H8ClF5N2OS/c1-6-5-21(12(23-6)20-11(22)10(14)16)7-2-3-9(15)8(4-7)13(17,18)19/h2-5,10H,1H3. The van der Waals surface area contributed by atoms with E-state index in [0.29, 0.717) is 17.0 Å². The van der Waals surface area contributed by atoms with Crippen LogP contribution in [0.15, 0.2) is 29.4 Å². The zero-order valence-corrected chi connectivity index (χ0v) is 12.9. The van der Waals surface area contributed by atoms with Crippen molar-refractivity contribution in [2.75, 3.05) is 0 Å². The molecule has 0 radical (unpaired) electrons. The number of alkyl halides is 5. The van der Waals surface area contributed by atoms with Gasteiger partial charge in [0.15, 0.2) is 4.80 Å². The fourth-order valence-electron chi connectivity index (χ4n) is 1.74. The van der Waals surface area contributed by atoms with Crippen LogP contribution in [0.5, 0.6) is 0 Å². The van der Waals surface area contributed by atoms with E-state index in [0.717, 1.165) is 22.0 Å². The van der Waals surface area contributed by atoms with Crippen LogP contribution in [0.2, 0.25) is 0 Å². The summed E-state index contributed by atoms with van der Waals surface area (Å²) in [6.07, 6.45) is -3.48. The summed E-state index contributed by atoms with van der Waals surface area (Å²) in [6, 6.07) is 2.33. The van der Waals surface area contributed by atoms with Crippen LogP contribution in [0.3, 0.4) is 0 Å². The second-order valence-corrected chi connectivity index (χ2v) is 6.00. The highest BCUT2D eigenvalue weighted by molar-refractivity contribution is 7.09. The van der Waals surface area contributed by atoms with Crippen molar-refractivity contribution in [3.05, 3.63) is 45.5 Å². The van der Waals surface area contributed by atoms with Crippen LogP contribution in [-0.2, 0) is 11.0 Å². The van der Waals surface area contributed by atoms with Crippen LogP contribution in [-0.4, -0.2) is 16.1 Å². The minimum Gasteiger partial charge on any atom is -0.292 e. The summed E-state index contributed by atoms with van der Waals surface area (Å²) in [5, 5.41) is 0. The molecule has 1 atom stereocenters. The van der Waals surface area contributed by atoms with E-state index in [1.54, 1.807) is 6.92 Å². The van der Waals surface area contributed by atoms with E-state index in [9.17, 15) is 26.7 Å². The van der Waals surface area contributed by atoms with E-state index in [2.05, 4.69) is 4.99 Å². The first kappa shape index (κ1) is 17.6. The average molecular weight is 371 g/mol. The molecule has 3 nitrogen and oxygen atoms in total. The van der Waals surface area contributed by atoms with Crippen molar-refractivity contribution in [1.82, 2.24) is 4.57 Å². The van der Waals surface area contributed by atoms with Crippen LogP contribution in [0.25, 0.3) is 5.69 Å². The molecule has 1 aromatic heterocycles. The van der Waals surface area contributed by atoms with Crippen molar-refractivity contribution in [3.63, 3.8) is 0 Å². The Morgan fingerprint density at radius 2 is 2.04 bits per heavy atom. The molecule has 0 saturated carbocycles. The van der Waals surface area contributed by atoms with Gasteiger partial charge in [0.25, 0.3) is 11.5 Å². The van der Waals surface area contributed by atoms with Crippen molar-refractivity contribution < 1.29 is 26.7 Å². The van der Waals surface area contributed by atoms with Gasteiger partial charge in [-0.3, -0.25) is 9.36 Å². The molecular formula is C13H8ClF5N2OS. The Hall–Kier alpha value is -1.74. The molecule has 1 amide bonds. The maximum atomic E-state index is 13.3. The number of rotatable bonds is 2. The molecule has 10 heteroatoms. The first-order valence-corrected chi connectivity index (χ1v) is 7.28. The molecular weight excluding hydrogens is 363 g/mol. The number of amides is 1. The SMILES string of the molecule is Cc1cn(-c2ccc(F)c(C(F)(F)F)c2)c(=NC(=O)C(F)Cl)s1. The van der Waals surface area contributed by atoms with Gasteiger partial charge in [-0.25, -0.2) is 8.78 Å². The Labute approximate surface area is 135 Å². The smallest absolute Gasteiger partial charge is 0.292 e. The number of carbonyl (C=O) groups is 1. The molecule has 1 heterocycles. The predicted molar refractivity (Wildman–Crippen MR) is 74.7 cm³/mol. The summed E-state index contributed by atoms with van der Waals surface area (Å²) in [6.45, 7) is 1.62. The summed E-state index contributed by atoms with van der Waals surface area (Å²) in [7, 11) is 0. The number of benzene rings is 1. The fraction of sp³-hybridized carbons (Fsp3) is 0.231. The zero-order valence-electron chi connectivity index (χ0n) is 11.4. The monoisotopic (exact) mass is 370 g/mol. The van der Waals surface area contributed by atoms with Crippen LogP contribution in [0.4, 0.5) is 22.0 Å². The zero-order chi connectivity index (χ0) is 17.4. The van der Waals surface area contributed by atoms with Crippen molar-refractivity contribution in [3.8, 4) is 5.69 Å². The van der Waals surface area contributed by atoms with Crippen molar-refractivity contribution in [2.45, 2.75) is 18.7 Å². The third-order valence-electron chi connectivity index (χ3n) is 2.70. The van der Waals surface area contributed by atoms with Crippen molar-refractivity contribution >= 4 is 28.8 Å². The number of hydrogen-bond donors (Lipinski definition) is 0. The Morgan fingerprint density at radius 1 is 1.39 bits per heavy atom. The lowest BCUT2D eigenvalue weighted by molar-refractivity contribution is -0.140. The predicted octanol–water partition coefficient (Wildman–Crippen LogP) is 3.97. The van der Waals surface area contributed by atoms with Gasteiger partial charge in [0.05, 0.1) is 5.56 Å². The Balaban J connectivity index is 2.63. The fourth-order valence-corrected chi connectivity index (χ4v) is 2.63. The minimum absolute atomic E-state index is 0.0698. The quantitative estimate of drug-likeness (QED) is 0.582. The first-order valence-electron chi connectivity index (χ1n) is 6.02. The van der Waals surface area contributed by atoms with Gasteiger partial charge in [-0.05, 0) is 25.1 Å². The molecule has 1 aromatic carbocycles. The van der Waals surface area contributed by atoms with Crippen LogP contribution >= 0.6 is 22.9 Å². The maximum absolute atomic E-state index is 13.3. The molecule has 0 N–H and O–H groups in total. The molecule has 23 heavy (non-hydrogen) atoms. The maximum Gasteiger partial charge on any atom is 0.419 e. The number of thiazole rings is 1. The lowest BCUT2D eigenvalue weighted by Gasteiger charge is -2.10. The number of aryl methyl sites for hydroxylation is 1. The highest BCUT2D eigenvalue weighted by Gasteiger charge is 2.34. The van der Waals surface area contributed by atoms with E-state index in [1.165, 1.54) is 6.20 Å². The summed E-state index contributed by atoms with van der Waals surface area (Å²) in [5.74, 6) is -2.70. The number of carbonyl (C=O) groups excluding carboxylic acids is 1. The second-order valence-electron chi connectivity index (χ2n) is 4.41. The summed E-state index contributed by atoms with van der Waals surface area (Å²) < 4.78 is 65.5. The largest absolute Gasteiger partial charge is 0.419 e. The molecule has 0 fully saturated rings. The van der Waals surface area contributed by atoms with Gasteiger partial charge in [0, 0.05) is 16.8 Å². The first-order chi connectivity index (χ1) is 10.6. The van der Waals surface area contributed by atoms with Crippen molar-refractivity contribution in [1.29, 1.82) is 0 Å². The molecule has 0 saturated heterocycles. The van der Waals surface area contributed by atoms with Gasteiger partial charge < -0.3 is 0 Å². The van der Waals surface area contributed by atoms with Gasteiger partial charge in [-0.2, -0.15) is 18.2 Å². The highest BCUT2D eigenvalue weighted by atomic mass is 35.5. The lowest BCUT2D eigenvalue weighted by Crippen LogP contribution is -2.18. The normalized spacial score (nSPS) is 14.1. The van der Waals surface area contributed by atoms with Crippen LogP contribution in [0, 0.1) is 12.7 Å². The van der Waals surface area contributed by atoms with Gasteiger partial charge >= 0.3 is 6.18 Å². The molecule has 1 unspecified atom stereocenters. The molecule has 0 spiro atoms. The highest BCUT2D eigenvalue weighted by Crippen LogP contribution is 2.32. The second kappa shape index (κ2) is 6.40. The van der Waals surface area contributed by atoms with Gasteiger partial charge in [0.1, 0.15) is 5.82 Å². The molecule has 0 aliphatic rings. The van der Waals surface area contributed by atoms with Gasteiger partial charge in [-0.1, -0.05) is 11.6 Å². The Kier molecular flexibility index (Phi) is 4.90. The molecule has 2 aromatic rings. The lowest BCUT2D eigenvalue weighted by atomic mass is 10.2. The Bertz CT molecular complexity index is 809. The van der Waals surface area contributed by atoms with E-state index in [4.69, 9.17) is 11.6 Å². The van der Waals surface area contributed by atoms with Gasteiger partial charge in [0.2, 0.25) is 0 Å². The van der Waals surface area contributed by atoms with E-state index in [-0.39, 0.29) is 10.5 Å². The molecule has 0 bridgehead atoms.